The number of unbranched alkanes of at least 4 members (excludes halogenated alkanes) is 8. The van der Waals surface area contributed by atoms with Gasteiger partial charge in [0.1, 0.15) is 0 Å². The summed E-state index contributed by atoms with van der Waals surface area (Å²) in [4.78, 5) is 2.64. The van der Waals surface area contributed by atoms with Gasteiger partial charge in [-0.3, -0.25) is 4.90 Å². The van der Waals surface area contributed by atoms with Crippen molar-refractivity contribution >= 4 is 0 Å². The fraction of sp³-hybridized carbons (Fsp3) is 0.714. The molecule has 0 saturated carbocycles. The van der Waals surface area contributed by atoms with E-state index < -0.39 is 0 Å². The Labute approximate surface area is 149 Å². The average Bonchev–Trinajstić information content (AvgIpc) is 2.61. The van der Waals surface area contributed by atoms with Crippen LogP contribution < -0.4 is 11.5 Å². The highest BCUT2D eigenvalue weighted by Gasteiger charge is 2.06. The fourth-order valence-electron chi connectivity index (χ4n) is 3.13. The Morgan fingerprint density at radius 2 is 1.04 bits per heavy atom. The summed E-state index contributed by atoms with van der Waals surface area (Å²) < 4.78 is 0. The first-order chi connectivity index (χ1) is 11.9. The van der Waals surface area contributed by atoms with E-state index in [1.54, 1.807) is 0 Å². The van der Waals surface area contributed by atoms with Gasteiger partial charge in [0.15, 0.2) is 0 Å². The molecule has 0 amide bonds. The summed E-state index contributed by atoms with van der Waals surface area (Å²) in [5.74, 6) is 0. The zero-order chi connectivity index (χ0) is 17.3. The van der Waals surface area contributed by atoms with Crippen LogP contribution in [0.25, 0.3) is 0 Å². The summed E-state index contributed by atoms with van der Waals surface area (Å²) in [6.45, 7) is 5.21. The molecule has 0 aliphatic heterocycles. The average molecular weight is 334 g/mol. The Kier molecular flexibility index (Phi) is 13.8. The SMILES string of the molecule is NCCCCCCCN(CCCCCCCN)Cc1ccccc1. The van der Waals surface area contributed by atoms with Gasteiger partial charge in [-0.1, -0.05) is 68.9 Å². The molecule has 4 N–H and O–H groups in total. The molecule has 0 unspecified atom stereocenters. The van der Waals surface area contributed by atoms with Gasteiger partial charge in [-0.25, -0.2) is 0 Å². The van der Waals surface area contributed by atoms with Crippen LogP contribution in [0.4, 0.5) is 0 Å². The lowest BCUT2D eigenvalue weighted by Crippen LogP contribution is -2.25. The molecule has 0 aromatic heterocycles. The smallest absolute Gasteiger partial charge is 0.0233 e. The minimum Gasteiger partial charge on any atom is -0.330 e. The molecule has 0 saturated heterocycles. The lowest BCUT2D eigenvalue weighted by Gasteiger charge is -2.22. The Balaban J connectivity index is 2.24. The van der Waals surface area contributed by atoms with E-state index in [4.69, 9.17) is 11.5 Å². The van der Waals surface area contributed by atoms with E-state index in [9.17, 15) is 0 Å². The molecule has 24 heavy (non-hydrogen) atoms. The molecule has 138 valence electrons. The normalized spacial score (nSPS) is 11.3. The van der Waals surface area contributed by atoms with Gasteiger partial charge in [-0.2, -0.15) is 0 Å². The van der Waals surface area contributed by atoms with Crippen LogP contribution in [0.2, 0.25) is 0 Å². The summed E-state index contributed by atoms with van der Waals surface area (Å²) >= 11 is 0. The lowest BCUT2D eigenvalue weighted by atomic mass is 10.1. The van der Waals surface area contributed by atoms with Crippen molar-refractivity contribution in [2.75, 3.05) is 26.2 Å². The molecule has 1 aromatic rings. The van der Waals surface area contributed by atoms with Gasteiger partial charge >= 0.3 is 0 Å². The predicted octanol–water partition coefficient (Wildman–Crippen LogP) is 4.31. The molecule has 1 aromatic carbocycles. The molecule has 0 radical (unpaired) electrons. The van der Waals surface area contributed by atoms with Crippen molar-refractivity contribution in [1.82, 2.24) is 4.90 Å². The largest absolute Gasteiger partial charge is 0.330 e. The monoisotopic (exact) mass is 333 g/mol. The second-order valence-corrected chi connectivity index (χ2v) is 6.87. The predicted molar refractivity (Wildman–Crippen MR) is 106 cm³/mol. The number of rotatable bonds is 16. The Hall–Kier alpha value is -0.900. The topological polar surface area (TPSA) is 55.3 Å². The number of nitrogens with two attached hydrogens (primary N) is 2. The molecular weight excluding hydrogens is 294 g/mol. The summed E-state index contributed by atoms with van der Waals surface area (Å²) in [6.07, 6.45) is 12.9. The van der Waals surface area contributed by atoms with Gasteiger partial charge in [0, 0.05) is 6.54 Å². The molecular formula is C21H39N3. The second-order valence-electron chi connectivity index (χ2n) is 6.87. The third kappa shape index (κ3) is 11.6. The summed E-state index contributed by atoms with van der Waals surface area (Å²) in [7, 11) is 0. The van der Waals surface area contributed by atoms with Crippen molar-refractivity contribution < 1.29 is 0 Å². The van der Waals surface area contributed by atoms with Crippen molar-refractivity contribution in [1.29, 1.82) is 0 Å². The first kappa shape index (κ1) is 21.1. The van der Waals surface area contributed by atoms with Crippen molar-refractivity contribution in [2.45, 2.75) is 70.8 Å². The molecule has 0 fully saturated rings. The first-order valence-corrected chi connectivity index (χ1v) is 10.0. The van der Waals surface area contributed by atoms with Crippen LogP contribution in [0, 0.1) is 0 Å². The van der Waals surface area contributed by atoms with Gasteiger partial charge < -0.3 is 11.5 Å². The maximum absolute atomic E-state index is 5.56. The summed E-state index contributed by atoms with van der Waals surface area (Å²) in [5.41, 5.74) is 12.6. The quantitative estimate of drug-likeness (QED) is 0.443. The van der Waals surface area contributed by atoms with Crippen LogP contribution in [0.5, 0.6) is 0 Å². The molecule has 0 aliphatic rings. The van der Waals surface area contributed by atoms with E-state index in [2.05, 4.69) is 35.2 Å². The molecule has 1 rings (SSSR count). The van der Waals surface area contributed by atoms with Crippen molar-refractivity contribution in [3.8, 4) is 0 Å². The van der Waals surface area contributed by atoms with E-state index in [1.807, 2.05) is 0 Å². The number of hydrogen-bond donors (Lipinski definition) is 2. The van der Waals surface area contributed by atoms with E-state index in [0.29, 0.717) is 0 Å². The van der Waals surface area contributed by atoms with Crippen molar-refractivity contribution in [3.63, 3.8) is 0 Å². The van der Waals surface area contributed by atoms with Crippen LogP contribution in [0.15, 0.2) is 30.3 Å². The van der Waals surface area contributed by atoms with E-state index in [0.717, 1.165) is 19.6 Å². The zero-order valence-corrected chi connectivity index (χ0v) is 15.6. The van der Waals surface area contributed by atoms with E-state index in [-0.39, 0.29) is 0 Å². The van der Waals surface area contributed by atoms with E-state index in [1.165, 1.54) is 82.9 Å². The molecule has 0 aliphatic carbocycles. The Morgan fingerprint density at radius 1 is 0.583 bits per heavy atom. The maximum Gasteiger partial charge on any atom is 0.0233 e. The summed E-state index contributed by atoms with van der Waals surface area (Å²) in [6, 6.07) is 10.9. The zero-order valence-electron chi connectivity index (χ0n) is 15.6. The molecule has 3 nitrogen and oxygen atoms in total. The molecule has 0 spiro atoms. The lowest BCUT2D eigenvalue weighted by molar-refractivity contribution is 0.252. The highest BCUT2D eigenvalue weighted by Crippen LogP contribution is 2.11. The third-order valence-corrected chi connectivity index (χ3v) is 4.61. The third-order valence-electron chi connectivity index (χ3n) is 4.61. The number of benzene rings is 1. The maximum atomic E-state index is 5.56. The molecule has 0 bridgehead atoms. The van der Waals surface area contributed by atoms with Gasteiger partial charge in [-0.05, 0) is 57.4 Å². The van der Waals surface area contributed by atoms with Gasteiger partial charge in [0.25, 0.3) is 0 Å². The molecule has 3 heteroatoms. The minimum absolute atomic E-state index is 0.838. The van der Waals surface area contributed by atoms with Crippen LogP contribution in [0.1, 0.15) is 69.8 Å². The number of hydrogen-bond acceptors (Lipinski definition) is 3. The highest BCUT2D eigenvalue weighted by molar-refractivity contribution is 5.14. The van der Waals surface area contributed by atoms with Crippen LogP contribution in [-0.2, 0) is 6.54 Å². The molecule has 0 atom stereocenters. The van der Waals surface area contributed by atoms with Crippen molar-refractivity contribution in [2.24, 2.45) is 11.5 Å². The van der Waals surface area contributed by atoms with Gasteiger partial charge in [-0.15, -0.1) is 0 Å². The van der Waals surface area contributed by atoms with E-state index >= 15 is 0 Å². The van der Waals surface area contributed by atoms with Crippen molar-refractivity contribution in [3.05, 3.63) is 35.9 Å². The van der Waals surface area contributed by atoms with Crippen LogP contribution in [0.3, 0.4) is 0 Å². The Morgan fingerprint density at radius 3 is 1.54 bits per heavy atom. The van der Waals surface area contributed by atoms with Gasteiger partial charge in [0.05, 0.1) is 0 Å². The fourth-order valence-corrected chi connectivity index (χ4v) is 3.13. The Bertz CT molecular complexity index is 351. The molecule has 0 heterocycles. The van der Waals surface area contributed by atoms with Gasteiger partial charge in [0.2, 0.25) is 0 Å². The first-order valence-electron chi connectivity index (χ1n) is 10.0. The van der Waals surface area contributed by atoms with Crippen LogP contribution >= 0.6 is 0 Å². The summed E-state index contributed by atoms with van der Waals surface area (Å²) in [5, 5.41) is 0. The standard InChI is InChI=1S/C21H39N3/c22-16-10-3-1-5-12-18-24(19-13-6-2-4-11-17-23)20-21-14-8-7-9-15-21/h7-9,14-15H,1-6,10-13,16-20,22-23H2. The second kappa shape index (κ2) is 15.6. The highest BCUT2D eigenvalue weighted by atomic mass is 15.1. The van der Waals surface area contributed by atoms with Crippen LogP contribution in [-0.4, -0.2) is 31.1 Å². The minimum atomic E-state index is 0.838. The number of nitrogens with zero attached hydrogens (tertiary/aromatic N) is 1.